The molecule has 4 atom stereocenters. The molecule has 0 heterocycles. The summed E-state index contributed by atoms with van der Waals surface area (Å²) in [5.41, 5.74) is 0. The van der Waals surface area contributed by atoms with Crippen LogP contribution < -0.4 is 5.32 Å². The lowest BCUT2D eigenvalue weighted by Crippen LogP contribution is -2.34. The predicted octanol–water partition coefficient (Wildman–Crippen LogP) is 2.74. The van der Waals surface area contributed by atoms with Gasteiger partial charge in [0.15, 0.2) is 0 Å². The molecule has 0 aromatic heterocycles. The number of nitrogens with one attached hydrogen (secondary N) is 1. The van der Waals surface area contributed by atoms with Crippen LogP contribution in [-0.4, -0.2) is 37.6 Å². The molecule has 2 aliphatic carbocycles. The standard InChI is InChI=1S/C15H30N2/c1-4-16-15-7-5-6-13(15)8-9-17(3)11-14-10-12(14)2/h12-16H,4-11H2,1-3H3. The fourth-order valence-electron chi connectivity index (χ4n) is 3.44. The fourth-order valence-corrected chi connectivity index (χ4v) is 3.44. The van der Waals surface area contributed by atoms with E-state index in [1.807, 2.05) is 0 Å². The molecule has 0 aliphatic heterocycles. The molecule has 0 aromatic carbocycles. The van der Waals surface area contributed by atoms with E-state index in [2.05, 4.69) is 31.1 Å². The van der Waals surface area contributed by atoms with E-state index >= 15 is 0 Å². The van der Waals surface area contributed by atoms with Gasteiger partial charge in [0.05, 0.1) is 0 Å². The highest BCUT2D eigenvalue weighted by Crippen LogP contribution is 2.38. The van der Waals surface area contributed by atoms with Gasteiger partial charge in [-0.05, 0) is 63.6 Å². The van der Waals surface area contributed by atoms with Crippen LogP contribution in [0.3, 0.4) is 0 Å². The summed E-state index contributed by atoms with van der Waals surface area (Å²) < 4.78 is 0. The van der Waals surface area contributed by atoms with Gasteiger partial charge in [-0.3, -0.25) is 0 Å². The van der Waals surface area contributed by atoms with Crippen LogP contribution in [0, 0.1) is 17.8 Å². The van der Waals surface area contributed by atoms with Gasteiger partial charge >= 0.3 is 0 Å². The maximum Gasteiger partial charge on any atom is 0.00956 e. The van der Waals surface area contributed by atoms with Crippen molar-refractivity contribution in [2.24, 2.45) is 17.8 Å². The Morgan fingerprint density at radius 1 is 1.24 bits per heavy atom. The van der Waals surface area contributed by atoms with Crippen molar-refractivity contribution >= 4 is 0 Å². The highest BCUT2D eigenvalue weighted by Gasteiger charge is 2.33. The Morgan fingerprint density at radius 3 is 2.65 bits per heavy atom. The third-order valence-corrected chi connectivity index (χ3v) is 4.83. The molecule has 1 N–H and O–H groups in total. The van der Waals surface area contributed by atoms with Crippen molar-refractivity contribution in [2.45, 2.75) is 52.0 Å². The van der Waals surface area contributed by atoms with E-state index in [1.165, 1.54) is 45.2 Å². The zero-order valence-electron chi connectivity index (χ0n) is 11.9. The lowest BCUT2D eigenvalue weighted by atomic mass is 9.99. The molecule has 0 spiro atoms. The van der Waals surface area contributed by atoms with E-state index in [0.29, 0.717) is 0 Å². The predicted molar refractivity (Wildman–Crippen MR) is 74.2 cm³/mol. The van der Waals surface area contributed by atoms with Crippen molar-refractivity contribution in [3.8, 4) is 0 Å². The number of rotatable bonds is 7. The summed E-state index contributed by atoms with van der Waals surface area (Å²) in [5, 5.41) is 3.66. The van der Waals surface area contributed by atoms with Crippen molar-refractivity contribution in [2.75, 3.05) is 26.7 Å². The van der Waals surface area contributed by atoms with Crippen LogP contribution in [0.5, 0.6) is 0 Å². The van der Waals surface area contributed by atoms with Gasteiger partial charge in [0, 0.05) is 12.6 Å². The van der Waals surface area contributed by atoms with Crippen LogP contribution in [0.1, 0.15) is 46.0 Å². The molecule has 100 valence electrons. The molecule has 17 heavy (non-hydrogen) atoms. The smallest absolute Gasteiger partial charge is 0.00956 e. The second-order valence-electron chi connectivity index (χ2n) is 6.38. The summed E-state index contributed by atoms with van der Waals surface area (Å²) in [5.74, 6) is 2.95. The molecule has 2 nitrogen and oxygen atoms in total. The Kier molecular flexibility index (Phi) is 4.87. The van der Waals surface area contributed by atoms with Gasteiger partial charge < -0.3 is 10.2 Å². The lowest BCUT2D eigenvalue weighted by molar-refractivity contribution is 0.270. The summed E-state index contributed by atoms with van der Waals surface area (Å²) in [4.78, 5) is 2.56. The Hall–Kier alpha value is -0.0800. The van der Waals surface area contributed by atoms with Crippen LogP contribution >= 0.6 is 0 Å². The monoisotopic (exact) mass is 238 g/mol. The summed E-state index contributed by atoms with van der Waals surface area (Å²) in [6.45, 7) is 8.39. The van der Waals surface area contributed by atoms with Crippen LogP contribution in [0.25, 0.3) is 0 Å². The average molecular weight is 238 g/mol. The minimum atomic E-state index is 0.813. The molecule has 0 amide bonds. The number of hydrogen-bond donors (Lipinski definition) is 1. The van der Waals surface area contributed by atoms with E-state index in [4.69, 9.17) is 0 Å². The average Bonchev–Trinajstić information content (AvgIpc) is 2.80. The molecule has 4 unspecified atom stereocenters. The van der Waals surface area contributed by atoms with Crippen LogP contribution in [0.4, 0.5) is 0 Å². The fraction of sp³-hybridized carbons (Fsp3) is 1.00. The third kappa shape index (κ3) is 3.96. The zero-order chi connectivity index (χ0) is 12.3. The number of hydrogen-bond acceptors (Lipinski definition) is 2. The molecule has 2 fully saturated rings. The van der Waals surface area contributed by atoms with Crippen molar-refractivity contribution in [1.29, 1.82) is 0 Å². The highest BCUT2D eigenvalue weighted by atomic mass is 15.1. The SMILES string of the molecule is CCNC1CCCC1CCN(C)CC1CC1C. The molecule has 0 radical (unpaired) electrons. The maximum absolute atomic E-state index is 3.66. The summed E-state index contributed by atoms with van der Waals surface area (Å²) in [6.07, 6.45) is 7.15. The minimum absolute atomic E-state index is 0.813. The van der Waals surface area contributed by atoms with Gasteiger partial charge in [-0.1, -0.05) is 20.3 Å². The Morgan fingerprint density at radius 2 is 2.00 bits per heavy atom. The quantitative estimate of drug-likeness (QED) is 0.733. The van der Waals surface area contributed by atoms with Gasteiger partial charge in [-0.25, -0.2) is 0 Å². The molecule has 2 aliphatic rings. The highest BCUT2D eigenvalue weighted by molar-refractivity contribution is 4.86. The summed E-state index contributed by atoms with van der Waals surface area (Å²) in [7, 11) is 2.31. The van der Waals surface area contributed by atoms with Crippen molar-refractivity contribution in [3.63, 3.8) is 0 Å². The van der Waals surface area contributed by atoms with Gasteiger partial charge in [-0.15, -0.1) is 0 Å². The van der Waals surface area contributed by atoms with Crippen LogP contribution in [0.15, 0.2) is 0 Å². The first-order valence-corrected chi connectivity index (χ1v) is 7.62. The maximum atomic E-state index is 3.66. The number of nitrogens with zero attached hydrogens (tertiary/aromatic N) is 1. The first kappa shape index (κ1) is 13.4. The first-order chi connectivity index (χ1) is 8.20. The van der Waals surface area contributed by atoms with Crippen molar-refractivity contribution in [1.82, 2.24) is 10.2 Å². The van der Waals surface area contributed by atoms with Crippen LogP contribution in [-0.2, 0) is 0 Å². The normalized spacial score (nSPS) is 36.7. The molecule has 0 aromatic rings. The minimum Gasteiger partial charge on any atom is -0.314 e. The molecule has 0 saturated heterocycles. The van der Waals surface area contributed by atoms with Crippen LogP contribution in [0.2, 0.25) is 0 Å². The molecule has 0 bridgehead atoms. The Labute approximate surface area is 107 Å². The van der Waals surface area contributed by atoms with Gasteiger partial charge in [0.2, 0.25) is 0 Å². The van der Waals surface area contributed by atoms with E-state index in [-0.39, 0.29) is 0 Å². The van der Waals surface area contributed by atoms with Crippen molar-refractivity contribution < 1.29 is 0 Å². The van der Waals surface area contributed by atoms with E-state index < -0.39 is 0 Å². The summed E-state index contributed by atoms with van der Waals surface area (Å²) in [6, 6.07) is 0.813. The Bertz CT molecular complexity index is 229. The van der Waals surface area contributed by atoms with E-state index in [1.54, 1.807) is 0 Å². The molecule has 2 rings (SSSR count). The Balaban J connectivity index is 1.62. The molecule has 2 heteroatoms. The van der Waals surface area contributed by atoms with E-state index in [0.717, 1.165) is 30.3 Å². The lowest BCUT2D eigenvalue weighted by Gasteiger charge is -2.23. The molecular formula is C15H30N2. The second kappa shape index (κ2) is 6.19. The largest absolute Gasteiger partial charge is 0.314 e. The first-order valence-electron chi connectivity index (χ1n) is 7.62. The molecule has 2 saturated carbocycles. The summed E-state index contributed by atoms with van der Waals surface area (Å²) >= 11 is 0. The van der Waals surface area contributed by atoms with Gasteiger partial charge in [-0.2, -0.15) is 0 Å². The van der Waals surface area contributed by atoms with Gasteiger partial charge in [0.1, 0.15) is 0 Å². The topological polar surface area (TPSA) is 15.3 Å². The second-order valence-corrected chi connectivity index (χ2v) is 6.38. The third-order valence-electron chi connectivity index (χ3n) is 4.83. The van der Waals surface area contributed by atoms with E-state index in [9.17, 15) is 0 Å². The van der Waals surface area contributed by atoms with Gasteiger partial charge in [0.25, 0.3) is 0 Å². The zero-order valence-corrected chi connectivity index (χ0v) is 11.9. The molecular weight excluding hydrogens is 208 g/mol. The van der Waals surface area contributed by atoms with Crippen molar-refractivity contribution in [3.05, 3.63) is 0 Å².